The maximum absolute atomic E-state index is 12.8. The van der Waals surface area contributed by atoms with Crippen LogP contribution in [0.1, 0.15) is 43.2 Å². The Kier molecular flexibility index (Phi) is 5.72. The lowest BCUT2D eigenvalue weighted by molar-refractivity contribution is -0.132. The lowest BCUT2D eigenvalue weighted by Crippen LogP contribution is -2.30. The summed E-state index contributed by atoms with van der Waals surface area (Å²) in [7, 11) is 0. The standard InChI is InChI=1S/C22H22ClN3O2/c23-18-12-5-4-11-17(18)21-24-22(28-25-21)19-13-7-15-26(19)20(27)14-6-10-16-8-2-1-3-9-16/h1-5,8-9,11-12,19H,6-7,10,13-15H2. The summed E-state index contributed by atoms with van der Waals surface area (Å²) in [6.07, 6.45) is 4.05. The van der Waals surface area contributed by atoms with Crippen molar-refractivity contribution in [3.05, 3.63) is 71.1 Å². The van der Waals surface area contributed by atoms with Crippen LogP contribution in [0.25, 0.3) is 11.4 Å². The first-order valence-corrected chi connectivity index (χ1v) is 10.0. The molecule has 6 heteroatoms. The van der Waals surface area contributed by atoms with Crippen LogP contribution in [0.15, 0.2) is 59.1 Å². The number of hydrogen-bond donors (Lipinski definition) is 0. The van der Waals surface area contributed by atoms with E-state index >= 15 is 0 Å². The molecule has 2 aromatic carbocycles. The third-order valence-corrected chi connectivity index (χ3v) is 5.44. The summed E-state index contributed by atoms with van der Waals surface area (Å²) < 4.78 is 5.50. The number of nitrogens with zero attached hydrogens (tertiary/aromatic N) is 3. The fraction of sp³-hybridized carbons (Fsp3) is 0.318. The van der Waals surface area contributed by atoms with Gasteiger partial charge in [-0.05, 0) is 43.4 Å². The van der Waals surface area contributed by atoms with Gasteiger partial charge in [-0.25, -0.2) is 0 Å². The van der Waals surface area contributed by atoms with Crippen molar-refractivity contribution in [3.63, 3.8) is 0 Å². The van der Waals surface area contributed by atoms with Gasteiger partial charge in [-0.1, -0.05) is 59.2 Å². The molecule has 5 nitrogen and oxygen atoms in total. The van der Waals surface area contributed by atoms with Gasteiger partial charge in [-0.3, -0.25) is 4.79 Å². The maximum atomic E-state index is 12.8. The summed E-state index contributed by atoms with van der Waals surface area (Å²) >= 11 is 6.23. The van der Waals surface area contributed by atoms with Crippen molar-refractivity contribution in [2.45, 2.75) is 38.1 Å². The third kappa shape index (κ3) is 4.09. The van der Waals surface area contributed by atoms with Crippen LogP contribution < -0.4 is 0 Å². The van der Waals surface area contributed by atoms with Gasteiger partial charge in [0.15, 0.2) is 0 Å². The summed E-state index contributed by atoms with van der Waals surface area (Å²) in [4.78, 5) is 19.2. The minimum absolute atomic E-state index is 0.145. The second kappa shape index (κ2) is 8.57. The molecule has 3 aromatic rings. The number of aryl methyl sites for hydroxylation is 1. The molecule has 0 N–H and O–H groups in total. The first kappa shape index (κ1) is 18.7. The average Bonchev–Trinajstić information content (AvgIpc) is 3.38. The Morgan fingerprint density at radius 1 is 1.14 bits per heavy atom. The molecule has 1 amide bonds. The van der Waals surface area contributed by atoms with Crippen LogP contribution in [0, 0.1) is 0 Å². The molecular weight excluding hydrogens is 374 g/mol. The summed E-state index contributed by atoms with van der Waals surface area (Å²) in [5.74, 6) is 1.10. The Balaban J connectivity index is 1.41. The van der Waals surface area contributed by atoms with Gasteiger partial charge < -0.3 is 9.42 Å². The van der Waals surface area contributed by atoms with Crippen LogP contribution in [0.4, 0.5) is 0 Å². The van der Waals surface area contributed by atoms with Crippen molar-refractivity contribution < 1.29 is 9.32 Å². The second-order valence-corrected chi connectivity index (χ2v) is 7.43. The molecule has 144 valence electrons. The molecule has 1 aliphatic heterocycles. The average molecular weight is 396 g/mol. The van der Waals surface area contributed by atoms with Crippen molar-refractivity contribution in [1.29, 1.82) is 0 Å². The SMILES string of the molecule is O=C(CCCc1ccccc1)N1CCCC1c1nc(-c2ccccc2Cl)no1. The number of aromatic nitrogens is 2. The van der Waals surface area contributed by atoms with E-state index in [0.29, 0.717) is 23.2 Å². The maximum Gasteiger partial charge on any atom is 0.249 e. The van der Waals surface area contributed by atoms with E-state index in [2.05, 4.69) is 22.3 Å². The van der Waals surface area contributed by atoms with Gasteiger partial charge in [0.05, 0.1) is 5.02 Å². The summed E-state index contributed by atoms with van der Waals surface area (Å²) in [5.41, 5.74) is 1.99. The number of halogens is 1. The number of likely N-dealkylation sites (tertiary alicyclic amines) is 1. The fourth-order valence-corrected chi connectivity index (χ4v) is 3.90. The normalized spacial score (nSPS) is 16.5. The molecular formula is C22H22ClN3O2. The zero-order valence-corrected chi connectivity index (χ0v) is 16.3. The molecule has 0 saturated carbocycles. The summed E-state index contributed by atoms with van der Waals surface area (Å²) in [6, 6.07) is 17.5. The highest BCUT2D eigenvalue weighted by atomic mass is 35.5. The highest BCUT2D eigenvalue weighted by molar-refractivity contribution is 6.33. The van der Waals surface area contributed by atoms with E-state index in [9.17, 15) is 4.79 Å². The van der Waals surface area contributed by atoms with Gasteiger partial charge >= 0.3 is 0 Å². The predicted octanol–water partition coefficient (Wildman–Crippen LogP) is 5.08. The number of rotatable bonds is 6. The number of amides is 1. The largest absolute Gasteiger partial charge is 0.337 e. The van der Waals surface area contributed by atoms with Gasteiger partial charge in [-0.2, -0.15) is 4.98 Å². The number of benzene rings is 2. The van der Waals surface area contributed by atoms with E-state index < -0.39 is 0 Å². The smallest absolute Gasteiger partial charge is 0.249 e. The van der Waals surface area contributed by atoms with Crippen LogP contribution >= 0.6 is 11.6 Å². The molecule has 0 aliphatic carbocycles. The molecule has 28 heavy (non-hydrogen) atoms. The van der Waals surface area contributed by atoms with E-state index in [1.165, 1.54) is 5.56 Å². The zero-order valence-electron chi connectivity index (χ0n) is 15.6. The summed E-state index contributed by atoms with van der Waals surface area (Å²) in [5, 5.41) is 4.66. The Labute approximate surface area is 169 Å². The fourth-order valence-electron chi connectivity index (χ4n) is 3.68. The third-order valence-electron chi connectivity index (χ3n) is 5.11. The zero-order chi connectivity index (χ0) is 19.3. The number of carbonyl (C=O) groups is 1. The van der Waals surface area contributed by atoms with E-state index in [-0.39, 0.29) is 11.9 Å². The number of hydrogen-bond acceptors (Lipinski definition) is 4. The molecule has 0 spiro atoms. The highest BCUT2D eigenvalue weighted by Crippen LogP contribution is 2.33. The predicted molar refractivity (Wildman–Crippen MR) is 108 cm³/mol. The highest BCUT2D eigenvalue weighted by Gasteiger charge is 2.33. The van der Waals surface area contributed by atoms with Crippen LogP contribution in [0.5, 0.6) is 0 Å². The topological polar surface area (TPSA) is 59.2 Å². The first-order valence-electron chi connectivity index (χ1n) is 9.64. The lowest BCUT2D eigenvalue weighted by atomic mass is 10.1. The van der Waals surface area contributed by atoms with Crippen LogP contribution in [0.3, 0.4) is 0 Å². The van der Waals surface area contributed by atoms with Gasteiger partial charge in [0.25, 0.3) is 0 Å². The van der Waals surface area contributed by atoms with Crippen molar-refractivity contribution in [2.24, 2.45) is 0 Å². The van der Waals surface area contributed by atoms with Crippen molar-refractivity contribution in [2.75, 3.05) is 6.54 Å². The molecule has 0 bridgehead atoms. The second-order valence-electron chi connectivity index (χ2n) is 7.02. The van der Waals surface area contributed by atoms with Crippen molar-refractivity contribution in [3.8, 4) is 11.4 Å². The Hall–Kier alpha value is -2.66. The Bertz CT molecular complexity index is 942. The molecule has 1 unspecified atom stereocenters. The van der Waals surface area contributed by atoms with E-state index in [1.54, 1.807) is 6.07 Å². The monoisotopic (exact) mass is 395 g/mol. The van der Waals surface area contributed by atoms with Gasteiger partial charge in [0.2, 0.25) is 17.6 Å². The van der Waals surface area contributed by atoms with E-state index in [0.717, 1.165) is 37.8 Å². The van der Waals surface area contributed by atoms with Gasteiger partial charge in [0, 0.05) is 18.5 Å². The first-order chi connectivity index (χ1) is 13.7. The van der Waals surface area contributed by atoms with Crippen molar-refractivity contribution in [1.82, 2.24) is 15.0 Å². The van der Waals surface area contributed by atoms with E-state index in [4.69, 9.17) is 16.1 Å². The lowest BCUT2D eigenvalue weighted by Gasteiger charge is -2.21. The molecule has 1 atom stereocenters. The van der Waals surface area contributed by atoms with E-state index in [1.807, 2.05) is 41.3 Å². The molecule has 2 heterocycles. The Morgan fingerprint density at radius 3 is 2.75 bits per heavy atom. The molecule has 1 saturated heterocycles. The molecule has 0 radical (unpaired) electrons. The van der Waals surface area contributed by atoms with Crippen LogP contribution in [-0.4, -0.2) is 27.5 Å². The quantitative estimate of drug-likeness (QED) is 0.584. The Morgan fingerprint density at radius 2 is 1.93 bits per heavy atom. The van der Waals surface area contributed by atoms with Crippen molar-refractivity contribution >= 4 is 17.5 Å². The molecule has 4 rings (SSSR count). The van der Waals surface area contributed by atoms with Crippen LogP contribution in [-0.2, 0) is 11.2 Å². The van der Waals surface area contributed by atoms with Gasteiger partial charge in [0.1, 0.15) is 6.04 Å². The summed E-state index contributed by atoms with van der Waals surface area (Å²) in [6.45, 7) is 0.735. The minimum Gasteiger partial charge on any atom is -0.337 e. The molecule has 1 fully saturated rings. The number of carbonyl (C=O) groups excluding carboxylic acids is 1. The minimum atomic E-state index is -0.145. The van der Waals surface area contributed by atoms with Crippen LogP contribution in [0.2, 0.25) is 5.02 Å². The molecule has 1 aliphatic rings. The van der Waals surface area contributed by atoms with Gasteiger partial charge in [-0.15, -0.1) is 0 Å². The molecule has 1 aromatic heterocycles.